The summed E-state index contributed by atoms with van der Waals surface area (Å²) in [6.45, 7) is 7.58. The van der Waals surface area contributed by atoms with Crippen LogP contribution in [0.15, 0.2) is 24.3 Å². The zero-order valence-electron chi connectivity index (χ0n) is 19.1. The molecule has 6 nitrogen and oxygen atoms in total. The summed E-state index contributed by atoms with van der Waals surface area (Å²) in [4.78, 5) is 17.4. The highest BCUT2D eigenvalue weighted by Crippen LogP contribution is 2.82. The number of nitrogens with one attached hydrogen (secondary N) is 1. The third-order valence-corrected chi connectivity index (χ3v) is 8.41. The molecular weight excluding hydrogens is 384 g/mol. The van der Waals surface area contributed by atoms with Gasteiger partial charge in [0.15, 0.2) is 0 Å². The van der Waals surface area contributed by atoms with Crippen molar-refractivity contribution in [1.82, 2.24) is 24.7 Å². The summed E-state index contributed by atoms with van der Waals surface area (Å²) in [5.41, 5.74) is 1.90. The number of hydrogen-bond acceptors (Lipinski definition) is 6. The topological polar surface area (TPSA) is 47.5 Å². The Morgan fingerprint density at radius 1 is 1.10 bits per heavy atom. The number of benzene rings is 1. The normalized spacial score (nSPS) is 32.3. The number of para-hydroxylation sites is 1. The second kappa shape index (κ2) is 7.68. The molecule has 4 fully saturated rings. The van der Waals surface area contributed by atoms with Crippen molar-refractivity contribution < 1.29 is 0 Å². The van der Waals surface area contributed by atoms with Gasteiger partial charge in [-0.05, 0) is 75.7 Å². The van der Waals surface area contributed by atoms with Crippen molar-refractivity contribution in [2.75, 3.05) is 58.7 Å². The monoisotopic (exact) mass is 420 g/mol. The third-order valence-electron chi connectivity index (χ3n) is 8.41. The van der Waals surface area contributed by atoms with Crippen LogP contribution in [0, 0.1) is 17.3 Å². The minimum atomic E-state index is 0.853. The first-order valence-corrected chi connectivity index (χ1v) is 12.2. The molecule has 31 heavy (non-hydrogen) atoms. The van der Waals surface area contributed by atoms with Gasteiger partial charge in [0.2, 0.25) is 0 Å². The number of anilines is 1. The average molecular weight is 421 g/mol. The lowest BCUT2D eigenvalue weighted by Crippen LogP contribution is -2.50. The fraction of sp³-hybridized carbons (Fsp3) is 0.680. The molecule has 1 aliphatic heterocycles. The van der Waals surface area contributed by atoms with Crippen molar-refractivity contribution in [3.63, 3.8) is 0 Å². The smallest absolute Gasteiger partial charge is 0.145 e. The molecule has 1 saturated heterocycles. The highest BCUT2D eigenvalue weighted by molar-refractivity contribution is 5.88. The van der Waals surface area contributed by atoms with Crippen LogP contribution >= 0.6 is 0 Å². The van der Waals surface area contributed by atoms with Crippen molar-refractivity contribution in [3.05, 3.63) is 30.1 Å². The molecule has 3 saturated carbocycles. The Labute approximate surface area is 186 Å². The Morgan fingerprint density at radius 3 is 2.68 bits per heavy atom. The van der Waals surface area contributed by atoms with E-state index in [-0.39, 0.29) is 0 Å². The zero-order valence-corrected chi connectivity index (χ0v) is 19.1. The molecule has 1 N–H and O–H groups in total. The lowest BCUT2D eigenvalue weighted by molar-refractivity contribution is 0.0802. The van der Waals surface area contributed by atoms with Gasteiger partial charge in [-0.3, -0.25) is 9.80 Å². The van der Waals surface area contributed by atoms with Gasteiger partial charge in [-0.15, -0.1) is 0 Å². The summed E-state index contributed by atoms with van der Waals surface area (Å²) >= 11 is 0. The minimum absolute atomic E-state index is 0.853. The first-order valence-electron chi connectivity index (χ1n) is 12.2. The maximum absolute atomic E-state index is 4.95. The highest BCUT2D eigenvalue weighted by atomic mass is 15.3. The molecule has 2 heterocycles. The first kappa shape index (κ1) is 19.9. The predicted molar refractivity (Wildman–Crippen MR) is 125 cm³/mol. The van der Waals surface area contributed by atoms with Crippen LogP contribution in [0.5, 0.6) is 0 Å². The van der Waals surface area contributed by atoms with Crippen LogP contribution in [0.2, 0.25) is 0 Å². The number of fused-ring (bicyclic) bond motifs is 1. The summed E-state index contributed by atoms with van der Waals surface area (Å²) in [7, 11) is 4.24. The Hall–Kier alpha value is -1.76. The molecule has 4 aliphatic rings. The van der Waals surface area contributed by atoms with Gasteiger partial charge in [0.25, 0.3) is 0 Å². The van der Waals surface area contributed by atoms with E-state index in [0.29, 0.717) is 0 Å². The SMILES string of the molecule is CN(C)CCCNc1nc(CN2CCN(C3C[C@@H]4CC45C[C@H]35)CC2)nc2ccccc12. The molecule has 0 amide bonds. The van der Waals surface area contributed by atoms with Crippen LogP contribution in [0.1, 0.15) is 31.5 Å². The summed E-state index contributed by atoms with van der Waals surface area (Å²) in [6.07, 6.45) is 5.69. The maximum atomic E-state index is 4.95. The van der Waals surface area contributed by atoms with E-state index in [1.165, 1.54) is 25.9 Å². The van der Waals surface area contributed by atoms with Crippen molar-refractivity contribution in [2.24, 2.45) is 17.3 Å². The van der Waals surface area contributed by atoms with E-state index in [0.717, 1.165) is 85.0 Å². The average Bonchev–Trinajstić information content (AvgIpc) is 3.66. The van der Waals surface area contributed by atoms with Crippen LogP contribution in [-0.2, 0) is 6.54 Å². The minimum Gasteiger partial charge on any atom is -0.369 e. The summed E-state index contributed by atoms with van der Waals surface area (Å²) in [6, 6.07) is 9.29. The largest absolute Gasteiger partial charge is 0.369 e. The van der Waals surface area contributed by atoms with Gasteiger partial charge in [-0.1, -0.05) is 12.1 Å². The van der Waals surface area contributed by atoms with Crippen molar-refractivity contribution in [2.45, 2.75) is 38.3 Å². The van der Waals surface area contributed by atoms with Crippen LogP contribution in [-0.4, -0.2) is 84.1 Å². The predicted octanol–water partition coefficient (Wildman–Crippen LogP) is 2.91. The molecule has 4 atom stereocenters. The molecule has 1 aromatic carbocycles. The lowest BCUT2D eigenvalue weighted by Gasteiger charge is -2.39. The Kier molecular flexibility index (Phi) is 4.93. The summed E-state index contributed by atoms with van der Waals surface area (Å²) in [5.74, 6) is 4.08. The highest BCUT2D eigenvalue weighted by Gasteiger charge is 2.77. The molecular formula is C25H36N6. The fourth-order valence-corrected chi connectivity index (χ4v) is 6.54. The molecule has 6 heteroatoms. The number of hydrogen-bond donors (Lipinski definition) is 1. The van der Waals surface area contributed by atoms with E-state index in [2.05, 4.69) is 58.4 Å². The van der Waals surface area contributed by atoms with Crippen LogP contribution in [0.4, 0.5) is 5.82 Å². The molecule has 2 unspecified atom stereocenters. The van der Waals surface area contributed by atoms with E-state index in [1.54, 1.807) is 6.42 Å². The molecule has 0 radical (unpaired) electrons. The van der Waals surface area contributed by atoms with Gasteiger partial charge in [0.05, 0.1) is 12.1 Å². The summed E-state index contributed by atoms with van der Waals surface area (Å²) in [5, 5.41) is 4.70. The standard InChI is InChI=1S/C25H36N6/c1-29(2)9-5-8-26-24-19-6-3-4-7-21(19)27-23(28-24)17-30-10-12-31(13-11-30)22-14-18-15-25(18)16-20(22)25/h3-4,6-7,18,20,22H,5,8-17H2,1-2H3,(H,26,27,28)/t18-,20-,22?,25?/m1/s1. The second-order valence-electron chi connectivity index (χ2n) is 10.6. The van der Waals surface area contributed by atoms with Gasteiger partial charge in [0.1, 0.15) is 11.6 Å². The van der Waals surface area contributed by atoms with Crippen molar-refractivity contribution in [3.8, 4) is 0 Å². The Balaban J connectivity index is 1.09. The first-order chi connectivity index (χ1) is 15.1. The van der Waals surface area contributed by atoms with Gasteiger partial charge in [-0.25, -0.2) is 9.97 Å². The van der Waals surface area contributed by atoms with Gasteiger partial charge in [-0.2, -0.15) is 0 Å². The summed E-state index contributed by atoms with van der Waals surface area (Å²) < 4.78 is 0. The van der Waals surface area contributed by atoms with Crippen LogP contribution in [0.25, 0.3) is 10.9 Å². The zero-order chi connectivity index (χ0) is 21.0. The van der Waals surface area contributed by atoms with Crippen molar-refractivity contribution in [1.29, 1.82) is 0 Å². The van der Waals surface area contributed by atoms with Gasteiger partial charge in [0, 0.05) is 44.2 Å². The number of piperazine rings is 1. The molecule has 0 bridgehead atoms. The van der Waals surface area contributed by atoms with Crippen LogP contribution < -0.4 is 5.32 Å². The molecule has 2 aromatic rings. The Bertz CT molecular complexity index is 952. The van der Waals surface area contributed by atoms with Gasteiger partial charge >= 0.3 is 0 Å². The van der Waals surface area contributed by atoms with E-state index >= 15 is 0 Å². The third kappa shape index (κ3) is 3.73. The number of aromatic nitrogens is 2. The van der Waals surface area contributed by atoms with E-state index in [1.807, 2.05) is 0 Å². The fourth-order valence-electron chi connectivity index (χ4n) is 6.54. The maximum Gasteiger partial charge on any atom is 0.145 e. The second-order valence-corrected chi connectivity index (χ2v) is 10.6. The molecule has 3 aliphatic carbocycles. The molecule has 1 spiro atoms. The van der Waals surface area contributed by atoms with Crippen molar-refractivity contribution >= 4 is 16.7 Å². The van der Waals surface area contributed by atoms with Crippen LogP contribution in [0.3, 0.4) is 0 Å². The molecule has 1 aromatic heterocycles. The molecule has 166 valence electrons. The number of rotatable bonds is 8. The molecule has 6 rings (SSSR count). The lowest BCUT2D eigenvalue weighted by atomic mass is 10.1. The van der Waals surface area contributed by atoms with E-state index in [9.17, 15) is 0 Å². The Morgan fingerprint density at radius 2 is 1.94 bits per heavy atom. The quantitative estimate of drug-likeness (QED) is 0.663. The number of nitrogens with zero attached hydrogens (tertiary/aromatic N) is 5. The van der Waals surface area contributed by atoms with E-state index < -0.39 is 0 Å². The van der Waals surface area contributed by atoms with Gasteiger partial charge < -0.3 is 10.2 Å². The van der Waals surface area contributed by atoms with E-state index in [4.69, 9.17) is 9.97 Å².